The Morgan fingerprint density at radius 3 is 2.26 bits per heavy atom. The number of rotatable bonds is 1. The van der Waals surface area contributed by atoms with Gasteiger partial charge in [-0.05, 0) is 80.9 Å². The highest BCUT2D eigenvalue weighted by Crippen LogP contribution is 2.34. The number of aryl methyl sites for hydroxylation is 1. The van der Waals surface area contributed by atoms with E-state index in [0.29, 0.717) is 0 Å². The van der Waals surface area contributed by atoms with Crippen molar-refractivity contribution in [2.45, 2.75) is 78.2 Å². The smallest absolute Gasteiger partial charge is 0.161 e. The number of fused-ring (bicyclic) bond motifs is 1. The van der Waals surface area contributed by atoms with Gasteiger partial charge in [0.25, 0.3) is 0 Å². The zero-order chi connectivity index (χ0) is 17.3. The molecule has 0 saturated carbocycles. The topological polar surface area (TPSA) is 24.4 Å². The molecule has 1 N–H and O–H groups in total. The molecule has 0 aromatic heterocycles. The Morgan fingerprint density at radius 2 is 1.70 bits per heavy atom. The maximum atomic E-state index is 4.83. The Bertz CT molecular complexity index is 589. The van der Waals surface area contributed by atoms with E-state index in [2.05, 4.69) is 65.2 Å². The molecule has 0 heterocycles. The minimum atomic E-state index is -0.0625. The van der Waals surface area contributed by atoms with Crippen LogP contribution in [0.25, 0.3) is 0 Å². The van der Waals surface area contributed by atoms with Crippen molar-refractivity contribution in [3.63, 3.8) is 0 Å². The molecule has 0 radical (unpaired) electrons. The minimum Gasteiger partial charge on any atom is -0.335 e. The lowest BCUT2D eigenvalue weighted by molar-refractivity contribution is 0.584. The molecule has 0 bridgehead atoms. The van der Waals surface area contributed by atoms with Gasteiger partial charge in [0.15, 0.2) is 5.17 Å². The Morgan fingerprint density at radius 1 is 1.04 bits per heavy atom. The summed E-state index contributed by atoms with van der Waals surface area (Å²) in [7, 11) is 0. The SMILES string of the molecule is CSC(=NC(C)(C)C)Nc1cc(C(C)(C)C)cc2c1CCCC2. The maximum Gasteiger partial charge on any atom is 0.161 e. The van der Waals surface area contributed by atoms with E-state index < -0.39 is 0 Å². The molecule has 0 unspecified atom stereocenters. The van der Waals surface area contributed by atoms with Gasteiger partial charge in [0.2, 0.25) is 0 Å². The summed E-state index contributed by atoms with van der Waals surface area (Å²) in [5.41, 5.74) is 5.82. The molecule has 1 aromatic carbocycles. The van der Waals surface area contributed by atoms with Crippen LogP contribution in [0, 0.1) is 0 Å². The van der Waals surface area contributed by atoms with Crippen molar-refractivity contribution in [2.24, 2.45) is 4.99 Å². The lowest BCUT2D eigenvalue weighted by Gasteiger charge is -2.27. The summed E-state index contributed by atoms with van der Waals surface area (Å²) in [5.74, 6) is 0. The number of anilines is 1. The molecule has 23 heavy (non-hydrogen) atoms. The molecule has 2 rings (SSSR count). The van der Waals surface area contributed by atoms with Gasteiger partial charge in [-0.25, -0.2) is 0 Å². The fourth-order valence-corrected chi connectivity index (χ4v) is 3.53. The average molecular weight is 333 g/mol. The average Bonchev–Trinajstić information content (AvgIpc) is 2.44. The molecule has 128 valence electrons. The summed E-state index contributed by atoms with van der Waals surface area (Å²) in [6, 6.07) is 4.78. The molecule has 2 nitrogen and oxygen atoms in total. The van der Waals surface area contributed by atoms with Crippen LogP contribution in [0.1, 0.15) is 71.1 Å². The van der Waals surface area contributed by atoms with Crippen molar-refractivity contribution < 1.29 is 0 Å². The predicted molar refractivity (Wildman–Crippen MR) is 106 cm³/mol. The van der Waals surface area contributed by atoms with E-state index in [1.807, 2.05) is 0 Å². The van der Waals surface area contributed by atoms with Crippen LogP contribution >= 0.6 is 11.8 Å². The van der Waals surface area contributed by atoms with Crippen LogP contribution in [-0.4, -0.2) is 17.0 Å². The van der Waals surface area contributed by atoms with Crippen LogP contribution in [0.2, 0.25) is 0 Å². The zero-order valence-electron chi connectivity index (χ0n) is 15.8. The van der Waals surface area contributed by atoms with Crippen molar-refractivity contribution in [1.29, 1.82) is 0 Å². The van der Waals surface area contributed by atoms with Crippen molar-refractivity contribution in [3.05, 3.63) is 28.8 Å². The second-order valence-electron chi connectivity index (χ2n) is 8.54. The monoisotopic (exact) mass is 332 g/mol. The Kier molecular flexibility index (Phi) is 5.50. The van der Waals surface area contributed by atoms with Crippen LogP contribution < -0.4 is 5.32 Å². The fraction of sp³-hybridized carbons (Fsp3) is 0.650. The van der Waals surface area contributed by atoms with Crippen molar-refractivity contribution >= 4 is 22.6 Å². The van der Waals surface area contributed by atoms with Gasteiger partial charge in [0.05, 0.1) is 5.54 Å². The lowest BCUT2D eigenvalue weighted by Crippen LogP contribution is -2.20. The Labute approximate surface area is 146 Å². The second-order valence-corrected chi connectivity index (χ2v) is 9.33. The first-order valence-corrected chi connectivity index (χ1v) is 9.90. The molecule has 1 aliphatic carbocycles. The van der Waals surface area contributed by atoms with Crippen molar-refractivity contribution in [3.8, 4) is 0 Å². The summed E-state index contributed by atoms with van der Waals surface area (Å²) in [5, 5.41) is 4.65. The van der Waals surface area contributed by atoms with Gasteiger partial charge in [-0.15, -0.1) is 0 Å². The van der Waals surface area contributed by atoms with E-state index in [9.17, 15) is 0 Å². The van der Waals surface area contributed by atoms with Gasteiger partial charge in [-0.2, -0.15) is 0 Å². The number of hydrogen-bond acceptors (Lipinski definition) is 2. The summed E-state index contributed by atoms with van der Waals surface area (Å²) in [6.07, 6.45) is 7.09. The van der Waals surface area contributed by atoms with Crippen LogP contribution in [0.15, 0.2) is 17.1 Å². The first-order chi connectivity index (χ1) is 10.6. The molecule has 3 heteroatoms. The highest BCUT2D eigenvalue weighted by atomic mass is 32.2. The lowest BCUT2D eigenvalue weighted by atomic mass is 9.81. The van der Waals surface area contributed by atoms with Gasteiger partial charge in [0, 0.05) is 5.69 Å². The first-order valence-electron chi connectivity index (χ1n) is 8.67. The number of nitrogens with zero attached hydrogens (tertiary/aromatic N) is 1. The van der Waals surface area contributed by atoms with E-state index >= 15 is 0 Å². The number of aliphatic imine (C=N–C) groups is 1. The molecule has 0 aliphatic heterocycles. The standard InChI is InChI=1S/C20H32N2S/c1-19(2,3)15-12-14-10-8-9-11-16(14)17(13-15)21-18(23-7)22-20(4,5)6/h12-13H,8-11H2,1-7H3,(H,21,22). The van der Waals surface area contributed by atoms with Crippen molar-refractivity contribution in [1.82, 2.24) is 0 Å². The molecular weight excluding hydrogens is 300 g/mol. The van der Waals surface area contributed by atoms with Crippen LogP contribution in [0.4, 0.5) is 5.69 Å². The van der Waals surface area contributed by atoms with E-state index in [-0.39, 0.29) is 11.0 Å². The third-order valence-electron chi connectivity index (χ3n) is 4.20. The summed E-state index contributed by atoms with van der Waals surface area (Å²) >= 11 is 1.69. The molecule has 0 atom stereocenters. The molecule has 0 saturated heterocycles. The highest BCUT2D eigenvalue weighted by molar-refractivity contribution is 8.13. The minimum absolute atomic E-state index is 0.0625. The van der Waals surface area contributed by atoms with Gasteiger partial charge in [-0.1, -0.05) is 38.6 Å². The Hall–Kier alpha value is -0.960. The Balaban J connectivity index is 2.46. The number of hydrogen-bond donors (Lipinski definition) is 1. The van der Waals surface area contributed by atoms with Gasteiger partial charge in [0.1, 0.15) is 0 Å². The van der Waals surface area contributed by atoms with E-state index in [1.54, 1.807) is 11.8 Å². The molecule has 1 aromatic rings. The second kappa shape index (κ2) is 6.88. The van der Waals surface area contributed by atoms with Crippen LogP contribution in [0.3, 0.4) is 0 Å². The fourth-order valence-electron chi connectivity index (χ4n) is 2.96. The van der Waals surface area contributed by atoms with E-state index in [1.165, 1.54) is 48.1 Å². The largest absolute Gasteiger partial charge is 0.335 e. The predicted octanol–water partition coefficient (Wildman–Crippen LogP) is 5.79. The van der Waals surface area contributed by atoms with E-state index in [0.717, 1.165) is 5.17 Å². The van der Waals surface area contributed by atoms with Gasteiger partial charge >= 0.3 is 0 Å². The molecule has 1 aliphatic rings. The normalized spacial score (nSPS) is 16.2. The number of thioether (sulfide) groups is 1. The van der Waals surface area contributed by atoms with Crippen LogP contribution in [0.5, 0.6) is 0 Å². The molecular formula is C20H32N2S. The van der Waals surface area contributed by atoms with Gasteiger partial charge in [-0.3, -0.25) is 4.99 Å². The zero-order valence-corrected chi connectivity index (χ0v) is 16.7. The molecule has 0 fully saturated rings. The molecule has 0 amide bonds. The summed E-state index contributed by atoms with van der Waals surface area (Å²) < 4.78 is 0. The first kappa shape index (κ1) is 18.4. The third-order valence-corrected chi connectivity index (χ3v) is 4.78. The summed E-state index contributed by atoms with van der Waals surface area (Å²) in [6.45, 7) is 13.3. The number of benzene rings is 1. The van der Waals surface area contributed by atoms with E-state index in [4.69, 9.17) is 4.99 Å². The van der Waals surface area contributed by atoms with Crippen LogP contribution in [-0.2, 0) is 18.3 Å². The molecule has 0 spiro atoms. The highest BCUT2D eigenvalue weighted by Gasteiger charge is 2.21. The third kappa shape index (κ3) is 5.00. The van der Waals surface area contributed by atoms with Crippen molar-refractivity contribution in [2.75, 3.05) is 11.6 Å². The maximum absolute atomic E-state index is 4.83. The van der Waals surface area contributed by atoms with Gasteiger partial charge < -0.3 is 5.32 Å². The number of nitrogens with one attached hydrogen (secondary N) is 1. The summed E-state index contributed by atoms with van der Waals surface area (Å²) in [4.78, 5) is 4.83. The number of amidine groups is 1. The quantitative estimate of drug-likeness (QED) is 0.520.